The van der Waals surface area contributed by atoms with Gasteiger partial charge in [0.25, 0.3) is 16.0 Å². The fourth-order valence-corrected chi connectivity index (χ4v) is 3.17. The first kappa shape index (κ1) is 12.1. The molecule has 0 aliphatic rings. The van der Waals surface area contributed by atoms with Crippen LogP contribution >= 0.6 is 15.9 Å². The number of nitrogens with zero attached hydrogens (tertiary/aromatic N) is 2. The highest BCUT2D eigenvalue weighted by molar-refractivity contribution is 9.10. The Hall–Kier alpha value is -1.41. The first-order chi connectivity index (χ1) is 7.99. The Labute approximate surface area is 107 Å². The summed E-state index contributed by atoms with van der Waals surface area (Å²) in [6.45, 7) is 1.68. The lowest BCUT2D eigenvalue weighted by atomic mass is 10.4. The molecular weight excluding hydrogens is 308 g/mol. The van der Waals surface area contributed by atoms with Gasteiger partial charge in [-0.15, -0.1) is 5.10 Å². The van der Waals surface area contributed by atoms with Crippen LogP contribution in [0.15, 0.2) is 33.6 Å². The number of benzene rings is 1. The van der Waals surface area contributed by atoms with Crippen LogP contribution in [0.1, 0.15) is 5.82 Å². The third-order valence-electron chi connectivity index (χ3n) is 1.95. The smallest absolute Gasteiger partial charge is 0.261 e. The molecule has 0 atom stereocenters. The number of aromatic amines is 1. The van der Waals surface area contributed by atoms with Crippen molar-refractivity contribution in [3.63, 3.8) is 0 Å². The van der Waals surface area contributed by atoms with Gasteiger partial charge in [0.1, 0.15) is 10.7 Å². The molecule has 0 aliphatic carbocycles. The normalized spacial score (nSPS) is 11.4. The minimum atomic E-state index is -3.67. The van der Waals surface area contributed by atoms with Crippen molar-refractivity contribution >= 4 is 31.9 Å². The molecular formula is C9H9BrN4O2S. The molecule has 6 nitrogen and oxygen atoms in total. The predicted octanol–water partition coefficient (Wildman–Crippen LogP) is 1.68. The van der Waals surface area contributed by atoms with E-state index in [-0.39, 0.29) is 10.8 Å². The van der Waals surface area contributed by atoms with Crippen LogP contribution in [0, 0.1) is 6.92 Å². The highest BCUT2D eigenvalue weighted by Crippen LogP contribution is 2.22. The van der Waals surface area contributed by atoms with E-state index in [4.69, 9.17) is 0 Å². The maximum atomic E-state index is 12.0. The fraction of sp³-hybridized carbons (Fsp3) is 0.111. The molecule has 0 radical (unpaired) electrons. The summed E-state index contributed by atoms with van der Waals surface area (Å²) in [6, 6.07) is 6.52. The average Bonchev–Trinajstić information content (AvgIpc) is 2.63. The van der Waals surface area contributed by atoms with Crippen LogP contribution in [0.3, 0.4) is 0 Å². The standard InChI is InChI=1S/C9H9BrN4O2S/c1-6-11-9(13-12-6)14-17(15,16)8-5-3-2-4-7(8)10/h2-5H,1H3,(H2,11,12,13,14). The van der Waals surface area contributed by atoms with E-state index in [0.29, 0.717) is 10.3 Å². The summed E-state index contributed by atoms with van der Waals surface area (Å²) in [5.41, 5.74) is 0. The van der Waals surface area contributed by atoms with Crippen molar-refractivity contribution in [1.29, 1.82) is 0 Å². The first-order valence-electron chi connectivity index (χ1n) is 4.65. The number of halogens is 1. The summed E-state index contributed by atoms with van der Waals surface area (Å²) in [4.78, 5) is 4.02. The van der Waals surface area contributed by atoms with Crippen molar-refractivity contribution in [2.75, 3.05) is 4.72 Å². The van der Waals surface area contributed by atoms with Gasteiger partial charge in [-0.2, -0.15) is 4.98 Å². The zero-order chi connectivity index (χ0) is 12.5. The van der Waals surface area contributed by atoms with E-state index in [9.17, 15) is 8.42 Å². The Morgan fingerprint density at radius 1 is 1.35 bits per heavy atom. The molecule has 0 fully saturated rings. The molecule has 8 heteroatoms. The summed E-state index contributed by atoms with van der Waals surface area (Å²) >= 11 is 3.18. The van der Waals surface area contributed by atoms with Gasteiger partial charge in [-0.1, -0.05) is 12.1 Å². The van der Waals surface area contributed by atoms with Gasteiger partial charge in [0.2, 0.25) is 0 Å². The van der Waals surface area contributed by atoms with Crippen LogP contribution in [0.25, 0.3) is 0 Å². The van der Waals surface area contributed by atoms with Crippen molar-refractivity contribution in [1.82, 2.24) is 15.2 Å². The Morgan fingerprint density at radius 3 is 2.65 bits per heavy atom. The maximum Gasteiger partial charge on any atom is 0.265 e. The number of nitrogens with one attached hydrogen (secondary N) is 2. The van der Waals surface area contributed by atoms with Gasteiger partial charge < -0.3 is 0 Å². The molecule has 1 aromatic heterocycles. The second-order valence-electron chi connectivity index (χ2n) is 3.28. The van der Waals surface area contributed by atoms with Gasteiger partial charge >= 0.3 is 0 Å². The van der Waals surface area contributed by atoms with Crippen molar-refractivity contribution in [3.8, 4) is 0 Å². The highest BCUT2D eigenvalue weighted by atomic mass is 79.9. The fourth-order valence-electron chi connectivity index (χ4n) is 1.23. The van der Waals surface area contributed by atoms with Crippen LogP contribution in [-0.2, 0) is 10.0 Å². The SMILES string of the molecule is Cc1nc(NS(=O)(=O)c2ccccc2Br)n[nH]1. The van der Waals surface area contributed by atoms with Crippen molar-refractivity contribution < 1.29 is 8.42 Å². The molecule has 2 rings (SSSR count). The van der Waals surface area contributed by atoms with E-state index in [2.05, 4.69) is 35.8 Å². The Morgan fingerprint density at radius 2 is 2.06 bits per heavy atom. The van der Waals surface area contributed by atoms with Gasteiger partial charge in [-0.05, 0) is 35.0 Å². The highest BCUT2D eigenvalue weighted by Gasteiger charge is 2.18. The van der Waals surface area contributed by atoms with Gasteiger partial charge in [-0.3, -0.25) is 5.10 Å². The minimum absolute atomic E-state index is 0.0262. The number of H-pyrrole nitrogens is 1. The van der Waals surface area contributed by atoms with Crippen molar-refractivity contribution in [3.05, 3.63) is 34.6 Å². The third kappa shape index (κ3) is 2.64. The molecule has 0 bridgehead atoms. The molecule has 0 saturated heterocycles. The van der Waals surface area contributed by atoms with E-state index < -0.39 is 10.0 Å². The zero-order valence-corrected chi connectivity index (χ0v) is 11.2. The van der Waals surface area contributed by atoms with Crippen molar-refractivity contribution in [2.45, 2.75) is 11.8 Å². The molecule has 0 unspecified atom stereocenters. The number of hydrogen-bond acceptors (Lipinski definition) is 4. The summed E-state index contributed by atoms with van der Waals surface area (Å²) in [5, 5.41) is 6.27. The van der Waals surface area contributed by atoms with Crippen LogP contribution < -0.4 is 4.72 Å². The van der Waals surface area contributed by atoms with Gasteiger partial charge in [0, 0.05) is 4.47 Å². The monoisotopic (exact) mass is 316 g/mol. The minimum Gasteiger partial charge on any atom is -0.261 e. The molecule has 0 aliphatic heterocycles. The number of rotatable bonds is 3. The second kappa shape index (κ2) is 4.46. The molecule has 0 saturated carbocycles. The molecule has 90 valence electrons. The molecule has 2 N–H and O–H groups in total. The number of anilines is 1. The zero-order valence-electron chi connectivity index (χ0n) is 8.81. The lowest BCUT2D eigenvalue weighted by Crippen LogP contribution is -2.14. The van der Waals surface area contributed by atoms with E-state index >= 15 is 0 Å². The van der Waals surface area contributed by atoms with Gasteiger partial charge in [-0.25, -0.2) is 13.1 Å². The van der Waals surface area contributed by atoms with Gasteiger partial charge in [0.05, 0.1) is 0 Å². The summed E-state index contributed by atoms with van der Waals surface area (Å²) < 4.78 is 26.8. The average molecular weight is 317 g/mol. The Bertz CT molecular complexity index is 638. The summed E-state index contributed by atoms with van der Waals surface area (Å²) in [7, 11) is -3.67. The second-order valence-corrected chi connectivity index (χ2v) is 5.79. The molecule has 0 amide bonds. The number of hydrogen-bond donors (Lipinski definition) is 2. The lowest BCUT2D eigenvalue weighted by Gasteiger charge is -2.05. The Balaban J connectivity index is 2.35. The molecule has 2 aromatic rings. The topological polar surface area (TPSA) is 87.7 Å². The maximum absolute atomic E-state index is 12.0. The number of sulfonamides is 1. The number of aromatic nitrogens is 3. The van der Waals surface area contributed by atoms with Crippen LogP contribution in [-0.4, -0.2) is 23.6 Å². The largest absolute Gasteiger partial charge is 0.265 e. The first-order valence-corrected chi connectivity index (χ1v) is 6.93. The molecule has 17 heavy (non-hydrogen) atoms. The molecule has 1 aromatic carbocycles. The molecule has 0 spiro atoms. The quantitative estimate of drug-likeness (QED) is 0.901. The predicted molar refractivity (Wildman–Crippen MR) is 66.1 cm³/mol. The Kier molecular flexibility index (Phi) is 3.16. The van der Waals surface area contributed by atoms with Gasteiger partial charge in [0.15, 0.2) is 0 Å². The van der Waals surface area contributed by atoms with E-state index in [1.807, 2.05) is 0 Å². The number of aryl methyl sites for hydroxylation is 1. The van der Waals surface area contributed by atoms with Crippen LogP contribution in [0.4, 0.5) is 5.95 Å². The van der Waals surface area contributed by atoms with Crippen LogP contribution in [0.2, 0.25) is 0 Å². The summed E-state index contributed by atoms with van der Waals surface area (Å²) in [6.07, 6.45) is 0. The lowest BCUT2D eigenvalue weighted by molar-refractivity contribution is 0.600. The van der Waals surface area contributed by atoms with Crippen molar-refractivity contribution in [2.24, 2.45) is 0 Å². The van der Waals surface area contributed by atoms with E-state index in [0.717, 1.165) is 0 Å². The summed E-state index contributed by atoms with van der Waals surface area (Å²) in [5.74, 6) is 0.563. The third-order valence-corrected chi connectivity index (χ3v) is 4.29. The molecule has 1 heterocycles. The van der Waals surface area contributed by atoms with Crippen LogP contribution in [0.5, 0.6) is 0 Å². The van der Waals surface area contributed by atoms with E-state index in [1.165, 1.54) is 6.07 Å². The van der Waals surface area contributed by atoms with E-state index in [1.54, 1.807) is 25.1 Å².